The summed E-state index contributed by atoms with van der Waals surface area (Å²) in [5, 5.41) is -0.925. The molecular weight excluding hydrogens is 270 g/mol. The van der Waals surface area contributed by atoms with Crippen molar-refractivity contribution in [3.63, 3.8) is 0 Å². The van der Waals surface area contributed by atoms with E-state index < -0.39 is 32.7 Å². The van der Waals surface area contributed by atoms with Crippen molar-refractivity contribution in [2.45, 2.75) is 31.9 Å². The van der Waals surface area contributed by atoms with Crippen LogP contribution in [0.3, 0.4) is 0 Å². The molecule has 1 aliphatic rings. The van der Waals surface area contributed by atoms with Crippen LogP contribution in [0.4, 0.5) is 0 Å². The lowest BCUT2D eigenvalue weighted by atomic mass is 10.1. The molecule has 0 saturated carbocycles. The highest BCUT2D eigenvalue weighted by Crippen LogP contribution is 2.16. The standard InChI is InChI=1S/C12H21NO5S/c1-9(12(15)18-3)10(2)19(16,17)8-11(14)13-6-4-5-7-13/h9-10H,4-8H2,1-3H3. The van der Waals surface area contributed by atoms with E-state index in [-0.39, 0.29) is 5.91 Å². The van der Waals surface area contributed by atoms with Crippen LogP contribution in [0.25, 0.3) is 0 Å². The minimum Gasteiger partial charge on any atom is -0.469 e. The molecule has 1 rings (SSSR count). The normalized spacial score (nSPS) is 19.0. The summed E-state index contributed by atoms with van der Waals surface area (Å²) >= 11 is 0. The van der Waals surface area contributed by atoms with Gasteiger partial charge in [0, 0.05) is 13.1 Å². The maximum absolute atomic E-state index is 12.1. The molecule has 0 aromatic rings. The fraction of sp³-hybridized carbons (Fsp3) is 0.833. The average Bonchev–Trinajstić information content (AvgIpc) is 2.89. The summed E-state index contributed by atoms with van der Waals surface area (Å²) in [7, 11) is -2.43. The predicted octanol–water partition coefficient (Wildman–Crippen LogP) is 0.221. The van der Waals surface area contributed by atoms with E-state index in [1.54, 1.807) is 4.90 Å². The third kappa shape index (κ3) is 3.92. The van der Waals surface area contributed by atoms with Crippen LogP contribution in [0, 0.1) is 5.92 Å². The minimum absolute atomic E-state index is 0.374. The van der Waals surface area contributed by atoms with Gasteiger partial charge in [0.25, 0.3) is 0 Å². The number of hydrogen-bond donors (Lipinski definition) is 0. The Morgan fingerprint density at radius 1 is 1.21 bits per heavy atom. The summed E-state index contributed by atoms with van der Waals surface area (Å²) < 4.78 is 28.7. The van der Waals surface area contributed by atoms with Gasteiger partial charge in [0.1, 0.15) is 5.75 Å². The van der Waals surface area contributed by atoms with Crippen molar-refractivity contribution in [1.82, 2.24) is 4.90 Å². The van der Waals surface area contributed by atoms with Gasteiger partial charge in [0.2, 0.25) is 5.91 Å². The molecule has 2 unspecified atom stereocenters. The lowest BCUT2D eigenvalue weighted by Gasteiger charge is -2.20. The summed E-state index contributed by atoms with van der Waals surface area (Å²) in [5.74, 6) is -2.26. The number of likely N-dealkylation sites (tertiary alicyclic amines) is 1. The number of amides is 1. The van der Waals surface area contributed by atoms with Crippen molar-refractivity contribution in [3.8, 4) is 0 Å². The molecule has 1 amide bonds. The highest BCUT2D eigenvalue weighted by Gasteiger charge is 2.34. The second-order valence-electron chi connectivity index (χ2n) is 4.91. The van der Waals surface area contributed by atoms with Gasteiger partial charge >= 0.3 is 5.97 Å². The van der Waals surface area contributed by atoms with Gasteiger partial charge in [-0.1, -0.05) is 6.92 Å². The first kappa shape index (κ1) is 15.9. The van der Waals surface area contributed by atoms with Crippen LogP contribution >= 0.6 is 0 Å². The van der Waals surface area contributed by atoms with Crippen LogP contribution in [-0.4, -0.2) is 56.4 Å². The Hall–Kier alpha value is -1.11. The lowest BCUT2D eigenvalue weighted by Crippen LogP contribution is -2.39. The number of carbonyl (C=O) groups is 2. The highest BCUT2D eigenvalue weighted by atomic mass is 32.2. The molecule has 1 aliphatic heterocycles. The molecule has 0 radical (unpaired) electrons. The molecule has 19 heavy (non-hydrogen) atoms. The monoisotopic (exact) mass is 291 g/mol. The lowest BCUT2D eigenvalue weighted by molar-refractivity contribution is -0.144. The number of carbonyl (C=O) groups excluding carboxylic acids is 2. The van der Waals surface area contributed by atoms with Crippen molar-refractivity contribution in [2.75, 3.05) is 26.0 Å². The smallest absolute Gasteiger partial charge is 0.309 e. The summed E-state index contributed by atoms with van der Waals surface area (Å²) in [6.45, 7) is 4.17. The third-order valence-corrected chi connectivity index (χ3v) is 5.82. The van der Waals surface area contributed by atoms with Crippen molar-refractivity contribution in [1.29, 1.82) is 0 Å². The van der Waals surface area contributed by atoms with Gasteiger partial charge < -0.3 is 9.64 Å². The number of sulfone groups is 1. The Bertz CT molecular complexity index is 439. The Balaban J connectivity index is 2.69. The molecule has 0 aliphatic carbocycles. The maximum atomic E-state index is 12.1. The van der Waals surface area contributed by atoms with Crippen molar-refractivity contribution in [2.24, 2.45) is 5.92 Å². The van der Waals surface area contributed by atoms with Gasteiger partial charge in [-0.25, -0.2) is 8.42 Å². The van der Waals surface area contributed by atoms with Crippen LogP contribution in [0.15, 0.2) is 0 Å². The van der Waals surface area contributed by atoms with E-state index in [1.165, 1.54) is 21.0 Å². The first-order chi connectivity index (χ1) is 8.79. The predicted molar refractivity (Wildman–Crippen MR) is 70.2 cm³/mol. The van der Waals surface area contributed by atoms with Gasteiger partial charge in [0.15, 0.2) is 9.84 Å². The first-order valence-electron chi connectivity index (χ1n) is 6.36. The van der Waals surface area contributed by atoms with Crippen molar-refractivity contribution >= 4 is 21.7 Å². The molecule has 0 aromatic carbocycles. The Kier molecular flexibility index (Phi) is 5.34. The fourth-order valence-corrected chi connectivity index (χ4v) is 3.57. The zero-order valence-corrected chi connectivity index (χ0v) is 12.4. The number of methoxy groups -OCH3 is 1. The summed E-state index contributed by atoms with van der Waals surface area (Å²) in [5.41, 5.74) is 0. The topological polar surface area (TPSA) is 80.8 Å². The van der Waals surface area contributed by atoms with E-state index in [0.717, 1.165) is 12.8 Å². The number of esters is 1. The van der Waals surface area contributed by atoms with Gasteiger partial charge in [-0.2, -0.15) is 0 Å². The van der Waals surface area contributed by atoms with Crippen LogP contribution in [0.2, 0.25) is 0 Å². The number of hydrogen-bond acceptors (Lipinski definition) is 5. The van der Waals surface area contributed by atoms with Crippen LogP contribution < -0.4 is 0 Å². The van der Waals surface area contributed by atoms with E-state index in [2.05, 4.69) is 4.74 Å². The van der Waals surface area contributed by atoms with E-state index in [9.17, 15) is 18.0 Å². The van der Waals surface area contributed by atoms with Crippen LogP contribution in [-0.2, 0) is 24.2 Å². The molecule has 0 N–H and O–H groups in total. The zero-order chi connectivity index (χ0) is 14.6. The second kappa shape index (κ2) is 6.36. The molecule has 1 fully saturated rings. The number of nitrogens with zero attached hydrogens (tertiary/aromatic N) is 1. The number of ether oxygens (including phenoxy) is 1. The second-order valence-corrected chi connectivity index (χ2v) is 7.27. The molecule has 110 valence electrons. The van der Waals surface area contributed by atoms with Gasteiger partial charge in [-0.3, -0.25) is 9.59 Å². The minimum atomic E-state index is -3.64. The molecule has 1 saturated heterocycles. The number of rotatable bonds is 5. The van der Waals surface area contributed by atoms with E-state index in [0.29, 0.717) is 13.1 Å². The highest BCUT2D eigenvalue weighted by molar-refractivity contribution is 7.92. The molecule has 6 nitrogen and oxygen atoms in total. The Labute approximate surface area is 114 Å². The Morgan fingerprint density at radius 3 is 2.21 bits per heavy atom. The fourth-order valence-electron chi connectivity index (χ4n) is 2.05. The molecule has 2 atom stereocenters. The summed E-state index contributed by atoms with van der Waals surface area (Å²) in [6.07, 6.45) is 1.83. The van der Waals surface area contributed by atoms with Crippen molar-refractivity contribution in [3.05, 3.63) is 0 Å². The maximum Gasteiger partial charge on any atom is 0.309 e. The van der Waals surface area contributed by atoms with Crippen LogP contribution in [0.5, 0.6) is 0 Å². The Morgan fingerprint density at radius 2 is 1.74 bits per heavy atom. The van der Waals surface area contributed by atoms with E-state index >= 15 is 0 Å². The summed E-state index contributed by atoms with van der Waals surface area (Å²) in [4.78, 5) is 24.8. The molecule has 0 bridgehead atoms. The van der Waals surface area contributed by atoms with E-state index in [4.69, 9.17) is 0 Å². The first-order valence-corrected chi connectivity index (χ1v) is 8.08. The quantitative estimate of drug-likeness (QED) is 0.677. The third-order valence-electron chi connectivity index (χ3n) is 3.63. The van der Waals surface area contributed by atoms with Crippen molar-refractivity contribution < 1.29 is 22.7 Å². The molecule has 0 spiro atoms. The largest absolute Gasteiger partial charge is 0.469 e. The molecular formula is C12H21NO5S. The van der Waals surface area contributed by atoms with Crippen LogP contribution in [0.1, 0.15) is 26.7 Å². The SMILES string of the molecule is COC(=O)C(C)C(C)S(=O)(=O)CC(=O)N1CCCC1. The molecule has 0 aromatic heterocycles. The van der Waals surface area contributed by atoms with Gasteiger partial charge in [0.05, 0.1) is 18.3 Å². The zero-order valence-electron chi connectivity index (χ0n) is 11.6. The van der Waals surface area contributed by atoms with Gasteiger partial charge in [-0.15, -0.1) is 0 Å². The molecule has 1 heterocycles. The average molecular weight is 291 g/mol. The van der Waals surface area contributed by atoms with Gasteiger partial charge in [-0.05, 0) is 19.8 Å². The van der Waals surface area contributed by atoms with E-state index in [1.807, 2.05) is 0 Å². The summed E-state index contributed by atoms with van der Waals surface area (Å²) in [6, 6.07) is 0. The molecule has 7 heteroatoms.